The minimum absolute atomic E-state index is 0.422. The van der Waals surface area contributed by atoms with Gasteiger partial charge in [-0.25, -0.2) is 0 Å². The first-order valence-corrected chi connectivity index (χ1v) is 23.6. The maximum Gasteiger partial charge on any atom is 0.0991 e. The van der Waals surface area contributed by atoms with Crippen LogP contribution in [0.5, 0.6) is 0 Å². The van der Waals surface area contributed by atoms with Gasteiger partial charge in [0.1, 0.15) is 0 Å². The minimum Gasteiger partial charge on any atom is -0.332 e. The number of rotatable bonds is 9. The van der Waals surface area contributed by atoms with Crippen molar-refractivity contribution in [1.29, 1.82) is 10.5 Å². The van der Waals surface area contributed by atoms with Crippen molar-refractivity contribution >= 4 is 72.9 Å². The molecule has 6 nitrogen and oxygen atoms in total. The third-order valence-electron chi connectivity index (χ3n) is 14.0. The van der Waals surface area contributed by atoms with E-state index < -0.39 is 5.54 Å². The van der Waals surface area contributed by atoms with Crippen molar-refractivity contribution < 1.29 is 0 Å². The van der Waals surface area contributed by atoms with Gasteiger partial charge in [0.15, 0.2) is 0 Å². The highest BCUT2D eigenvalue weighted by Crippen LogP contribution is 2.45. The predicted octanol–water partition coefficient (Wildman–Crippen LogP) is 16.0. The normalized spacial score (nSPS) is 15.1. The summed E-state index contributed by atoms with van der Waals surface area (Å²) >= 11 is 0. The summed E-state index contributed by atoms with van der Waals surface area (Å²) in [6, 6.07) is 72.6. The SMILES string of the molecule is CC1(N(c2ccc(C#N)cc2)c2ccc(-c3ccc(N(c4ccc(C#N)cc4)c4ccc5c(c4)c4ccccc4n5-c4ccccc4)cc3)cc2)C=Cc2c(c3ccccc3n2C2=CC=CCC2)C1. The number of para-hydroxylation sites is 3. The minimum atomic E-state index is -0.422. The number of hydrogen-bond acceptors (Lipinski definition) is 4. The van der Waals surface area contributed by atoms with Crippen LogP contribution in [0.2, 0.25) is 0 Å². The zero-order valence-electron chi connectivity index (χ0n) is 38.2. The van der Waals surface area contributed by atoms with Crippen molar-refractivity contribution in [1.82, 2.24) is 9.13 Å². The third kappa shape index (κ3) is 7.19. The van der Waals surface area contributed by atoms with Crippen molar-refractivity contribution in [2.24, 2.45) is 0 Å². The van der Waals surface area contributed by atoms with E-state index in [2.05, 4.69) is 226 Å². The average Bonchev–Trinajstić information content (AvgIpc) is 3.92. The maximum absolute atomic E-state index is 9.73. The van der Waals surface area contributed by atoms with Crippen LogP contribution in [0.25, 0.3) is 61.3 Å². The summed E-state index contributed by atoms with van der Waals surface area (Å²) in [5, 5.41) is 23.1. The van der Waals surface area contributed by atoms with E-state index in [0.29, 0.717) is 11.1 Å². The summed E-state index contributed by atoms with van der Waals surface area (Å²) in [4.78, 5) is 4.70. The van der Waals surface area contributed by atoms with Gasteiger partial charge in [0, 0.05) is 68.1 Å². The zero-order valence-corrected chi connectivity index (χ0v) is 38.2. The number of nitrogens with zero attached hydrogens (tertiary/aromatic N) is 6. The summed E-state index contributed by atoms with van der Waals surface area (Å²) in [6.45, 7) is 2.32. The first-order valence-electron chi connectivity index (χ1n) is 23.6. The maximum atomic E-state index is 9.73. The summed E-state index contributed by atoms with van der Waals surface area (Å²) in [5.41, 5.74) is 16.7. The number of benzene rings is 8. The standard InChI is InChI=1S/C63H46N6/c1-63(39-38-62-58(41-63)56-17-9-11-19-60(56)68(62)49-14-6-3-7-15-49)69(52-30-22-45(43-65)23-31-52)53-34-26-47(27-35-53)46-24-32-51(33-25-46)66(50-28-20-44(42-64)21-29-50)54-36-37-61-57(40-54)55-16-8-10-18-59(55)67(61)48-12-4-2-5-13-48/h2-6,8-14,16-40H,7,15,41H2,1H3. The van der Waals surface area contributed by atoms with Crippen molar-refractivity contribution in [3.05, 3.63) is 241 Å². The van der Waals surface area contributed by atoms with Gasteiger partial charge in [-0.15, -0.1) is 0 Å². The van der Waals surface area contributed by atoms with Crippen molar-refractivity contribution in [2.75, 3.05) is 9.80 Å². The van der Waals surface area contributed by atoms with Gasteiger partial charge >= 0.3 is 0 Å². The fraction of sp³-hybridized carbons (Fsp3) is 0.0794. The van der Waals surface area contributed by atoms with Crippen molar-refractivity contribution in [3.8, 4) is 29.0 Å². The molecule has 0 bridgehead atoms. The number of allylic oxidation sites excluding steroid dienone is 4. The van der Waals surface area contributed by atoms with E-state index in [1.54, 1.807) is 0 Å². The van der Waals surface area contributed by atoms with Crippen LogP contribution in [0.1, 0.15) is 42.1 Å². The quantitative estimate of drug-likeness (QED) is 0.145. The van der Waals surface area contributed by atoms with E-state index >= 15 is 0 Å². The van der Waals surface area contributed by atoms with Gasteiger partial charge < -0.3 is 18.9 Å². The summed E-state index contributed by atoms with van der Waals surface area (Å²) < 4.78 is 4.80. The molecule has 2 heterocycles. The highest BCUT2D eigenvalue weighted by molar-refractivity contribution is 6.10. The average molecular weight is 887 g/mol. The van der Waals surface area contributed by atoms with E-state index in [4.69, 9.17) is 0 Å². The monoisotopic (exact) mass is 886 g/mol. The van der Waals surface area contributed by atoms with Crippen LogP contribution in [0.15, 0.2) is 218 Å². The van der Waals surface area contributed by atoms with Crippen LogP contribution in [-0.2, 0) is 6.42 Å². The molecule has 0 N–H and O–H groups in total. The first-order chi connectivity index (χ1) is 34.0. The number of anilines is 5. The Kier molecular flexibility index (Phi) is 10.2. The molecule has 10 aromatic rings. The van der Waals surface area contributed by atoms with Gasteiger partial charge in [-0.2, -0.15) is 10.5 Å². The topological polar surface area (TPSA) is 63.9 Å². The van der Waals surface area contributed by atoms with E-state index in [1.165, 1.54) is 33.2 Å². The van der Waals surface area contributed by atoms with Crippen LogP contribution in [0.3, 0.4) is 0 Å². The molecule has 0 radical (unpaired) electrons. The second-order valence-corrected chi connectivity index (χ2v) is 18.2. The Morgan fingerprint density at radius 1 is 0.522 bits per heavy atom. The van der Waals surface area contributed by atoms with Gasteiger partial charge in [0.05, 0.1) is 45.4 Å². The molecule has 1 unspecified atom stereocenters. The Hall–Kier alpha value is -9.10. The molecule has 12 rings (SSSR count). The van der Waals surface area contributed by atoms with Crippen LogP contribution in [0, 0.1) is 22.7 Å². The van der Waals surface area contributed by atoms with E-state index in [1.807, 2.05) is 36.4 Å². The molecule has 8 aromatic carbocycles. The molecule has 1 atom stereocenters. The molecule has 0 saturated heterocycles. The predicted molar refractivity (Wildman–Crippen MR) is 285 cm³/mol. The number of nitriles is 2. The van der Waals surface area contributed by atoms with Gasteiger partial charge in [0.2, 0.25) is 0 Å². The molecule has 328 valence electrons. The first kappa shape index (κ1) is 41.3. The fourth-order valence-electron chi connectivity index (χ4n) is 10.7. The number of hydrogen-bond donors (Lipinski definition) is 0. The molecule has 0 spiro atoms. The Morgan fingerprint density at radius 3 is 1.68 bits per heavy atom. The van der Waals surface area contributed by atoms with Crippen molar-refractivity contribution in [2.45, 2.75) is 31.7 Å². The Balaban J connectivity index is 0.903. The molecule has 0 amide bonds. The van der Waals surface area contributed by atoms with Gasteiger partial charge in [-0.3, -0.25) is 0 Å². The Bertz CT molecular complexity index is 3760. The fourth-order valence-corrected chi connectivity index (χ4v) is 10.7. The van der Waals surface area contributed by atoms with E-state index in [-0.39, 0.29) is 0 Å². The summed E-state index contributed by atoms with van der Waals surface area (Å²) in [6.07, 6.45) is 14.2. The summed E-state index contributed by atoms with van der Waals surface area (Å²) in [7, 11) is 0. The largest absolute Gasteiger partial charge is 0.332 e. The van der Waals surface area contributed by atoms with E-state index in [0.717, 1.165) is 80.9 Å². The molecule has 0 saturated carbocycles. The van der Waals surface area contributed by atoms with Crippen LogP contribution in [0.4, 0.5) is 28.4 Å². The molecule has 6 heteroatoms. The lowest BCUT2D eigenvalue weighted by Gasteiger charge is -2.43. The highest BCUT2D eigenvalue weighted by atomic mass is 15.2. The Labute approximate surface area is 402 Å². The Morgan fingerprint density at radius 2 is 1.06 bits per heavy atom. The molecular weight excluding hydrogens is 841 g/mol. The second-order valence-electron chi connectivity index (χ2n) is 18.2. The number of aromatic nitrogens is 2. The lowest BCUT2D eigenvalue weighted by atomic mass is 9.84. The van der Waals surface area contributed by atoms with Gasteiger partial charge in [0.25, 0.3) is 0 Å². The lowest BCUT2D eigenvalue weighted by molar-refractivity contribution is 0.560. The molecule has 2 aliphatic rings. The van der Waals surface area contributed by atoms with E-state index in [9.17, 15) is 10.5 Å². The van der Waals surface area contributed by atoms with Crippen LogP contribution < -0.4 is 9.80 Å². The van der Waals surface area contributed by atoms with Crippen LogP contribution >= 0.6 is 0 Å². The molecule has 2 aliphatic carbocycles. The van der Waals surface area contributed by atoms with Gasteiger partial charge in [-0.1, -0.05) is 97.1 Å². The molecule has 0 aliphatic heterocycles. The highest BCUT2D eigenvalue weighted by Gasteiger charge is 2.37. The van der Waals surface area contributed by atoms with Gasteiger partial charge in [-0.05, 0) is 164 Å². The van der Waals surface area contributed by atoms with Crippen molar-refractivity contribution in [3.63, 3.8) is 0 Å². The molecule has 69 heavy (non-hydrogen) atoms. The molecule has 2 aromatic heterocycles. The second kappa shape index (κ2) is 17.0. The van der Waals surface area contributed by atoms with Crippen LogP contribution in [-0.4, -0.2) is 14.7 Å². The lowest BCUT2D eigenvalue weighted by Crippen LogP contribution is -2.45. The third-order valence-corrected chi connectivity index (χ3v) is 14.0. The number of fused-ring (bicyclic) bond motifs is 6. The molecular formula is C63H46N6. The molecule has 0 fully saturated rings. The summed E-state index contributed by atoms with van der Waals surface area (Å²) in [5.74, 6) is 0. The smallest absolute Gasteiger partial charge is 0.0991 e. The zero-order chi connectivity index (χ0) is 46.5.